The van der Waals surface area contributed by atoms with Gasteiger partial charge in [-0.1, -0.05) is 30.3 Å². The topological polar surface area (TPSA) is 130 Å². The molecule has 1 aromatic carbocycles. The average molecular weight is 355 g/mol. The summed E-state index contributed by atoms with van der Waals surface area (Å²) in [4.78, 5) is 56.2. The van der Waals surface area contributed by atoms with Gasteiger partial charge in [-0.2, -0.15) is 0 Å². The first kappa shape index (κ1) is 17.3. The summed E-state index contributed by atoms with van der Waals surface area (Å²) in [6.07, 6.45) is 0.131. The molecule has 0 radical (unpaired) electrons. The smallest absolute Gasteiger partial charge is 0.329 e. The van der Waals surface area contributed by atoms with Crippen LogP contribution in [-0.2, 0) is 24.8 Å². The number of aromatic nitrogens is 4. The van der Waals surface area contributed by atoms with Gasteiger partial charge < -0.3 is 10.3 Å². The largest absolute Gasteiger partial charge is 0.352 e. The molecule has 9 heteroatoms. The van der Waals surface area contributed by atoms with Crippen molar-refractivity contribution in [2.24, 2.45) is 7.05 Å². The number of rotatable bonds is 5. The van der Waals surface area contributed by atoms with Crippen molar-refractivity contribution < 1.29 is 4.79 Å². The van der Waals surface area contributed by atoms with Crippen LogP contribution in [0.2, 0.25) is 0 Å². The molecule has 0 saturated carbocycles. The van der Waals surface area contributed by atoms with Gasteiger partial charge in [-0.05, 0) is 5.56 Å². The van der Waals surface area contributed by atoms with E-state index in [1.54, 1.807) is 0 Å². The lowest BCUT2D eigenvalue weighted by atomic mass is 10.2. The van der Waals surface area contributed by atoms with Crippen molar-refractivity contribution in [2.45, 2.75) is 19.4 Å². The summed E-state index contributed by atoms with van der Waals surface area (Å²) in [6.45, 7) is 0.392. The maximum atomic E-state index is 12.1. The van der Waals surface area contributed by atoms with Gasteiger partial charge in [0, 0.05) is 26.4 Å². The van der Waals surface area contributed by atoms with Gasteiger partial charge in [0.05, 0.1) is 0 Å². The van der Waals surface area contributed by atoms with E-state index < -0.39 is 16.8 Å². The van der Waals surface area contributed by atoms with Crippen molar-refractivity contribution in [1.29, 1.82) is 0 Å². The van der Waals surface area contributed by atoms with Crippen molar-refractivity contribution in [3.8, 4) is 0 Å². The molecule has 9 nitrogen and oxygen atoms in total. The van der Waals surface area contributed by atoms with Crippen LogP contribution in [0, 0.1) is 0 Å². The van der Waals surface area contributed by atoms with E-state index in [1.807, 2.05) is 30.3 Å². The van der Waals surface area contributed by atoms with E-state index in [-0.39, 0.29) is 35.6 Å². The van der Waals surface area contributed by atoms with Gasteiger partial charge in [0.2, 0.25) is 5.91 Å². The minimum absolute atomic E-state index is 0.0426. The molecule has 0 saturated heterocycles. The number of fused-ring (bicyclic) bond motifs is 1. The number of carbonyl (C=O) groups excluding carboxylic acids is 1. The van der Waals surface area contributed by atoms with Gasteiger partial charge in [-0.3, -0.25) is 23.9 Å². The number of carbonyl (C=O) groups is 1. The number of H-pyrrole nitrogens is 2. The van der Waals surface area contributed by atoms with Crippen LogP contribution in [0.5, 0.6) is 0 Å². The van der Waals surface area contributed by atoms with E-state index in [9.17, 15) is 19.2 Å². The van der Waals surface area contributed by atoms with Crippen LogP contribution in [-0.4, -0.2) is 25.4 Å². The Morgan fingerprint density at radius 3 is 2.58 bits per heavy atom. The number of nitrogens with zero attached hydrogens (tertiary/aromatic N) is 2. The number of amides is 1. The SMILES string of the molecule is Cn1c(=O)[nH]c(=O)c2nc(CCC(=O)NCc3ccccc3)c(=O)[nH]c21. The quantitative estimate of drug-likeness (QED) is 0.571. The van der Waals surface area contributed by atoms with E-state index in [0.29, 0.717) is 6.54 Å². The van der Waals surface area contributed by atoms with Gasteiger partial charge in [0.15, 0.2) is 5.52 Å². The molecule has 0 atom stereocenters. The zero-order chi connectivity index (χ0) is 18.7. The summed E-state index contributed by atoms with van der Waals surface area (Å²) in [7, 11) is 1.41. The molecule has 0 aliphatic heterocycles. The minimum Gasteiger partial charge on any atom is -0.352 e. The molecular weight excluding hydrogens is 338 g/mol. The van der Waals surface area contributed by atoms with Gasteiger partial charge >= 0.3 is 5.69 Å². The zero-order valence-corrected chi connectivity index (χ0v) is 14.0. The number of aromatic amines is 2. The van der Waals surface area contributed by atoms with Gasteiger partial charge in [0.1, 0.15) is 11.3 Å². The Hall–Kier alpha value is -3.49. The third-order valence-electron chi connectivity index (χ3n) is 3.96. The fourth-order valence-electron chi connectivity index (χ4n) is 2.51. The highest BCUT2D eigenvalue weighted by atomic mass is 16.2. The molecule has 2 heterocycles. The second-order valence-electron chi connectivity index (χ2n) is 5.79. The third-order valence-corrected chi connectivity index (χ3v) is 3.96. The van der Waals surface area contributed by atoms with Crippen LogP contribution >= 0.6 is 0 Å². The first-order valence-electron chi connectivity index (χ1n) is 7.98. The standard InChI is InChI=1S/C17H17N5O4/c1-22-14-13(16(25)21-17(22)26)19-11(15(24)20-14)7-8-12(23)18-9-10-5-3-2-4-6-10/h2-6H,7-9H2,1H3,(H,18,23)(H,20,24)(H,21,25,26). The summed E-state index contributed by atoms with van der Waals surface area (Å²) in [6, 6.07) is 9.44. The van der Waals surface area contributed by atoms with Crippen molar-refractivity contribution in [2.75, 3.05) is 0 Å². The van der Waals surface area contributed by atoms with Crippen molar-refractivity contribution in [3.63, 3.8) is 0 Å². The second-order valence-corrected chi connectivity index (χ2v) is 5.79. The molecule has 134 valence electrons. The summed E-state index contributed by atoms with van der Waals surface area (Å²) in [5, 5.41) is 2.76. The summed E-state index contributed by atoms with van der Waals surface area (Å²) < 4.78 is 1.10. The van der Waals surface area contributed by atoms with Crippen LogP contribution in [0.15, 0.2) is 44.7 Å². The minimum atomic E-state index is -0.686. The van der Waals surface area contributed by atoms with E-state index in [4.69, 9.17) is 0 Å². The summed E-state index contributed by atoms with van der Waals surface area (Å²) >= 11 is 0. The molecule has 2 aromatic heterocycles. The molecule has 3 aromatic rings. The van der Waals surface area contributed by atoms with Crippen LogP contribution in [0.3, 0.4) is 0 Å². The predicted octanol–water partition coefficient (Wildman–Crippen LogP) is -0.441. The highest BCUT2D eigenvalue weighted by Crippen LogP contribution is 2.01. The van der Waals surface area contributed by atoms with Gasteiger partial charge in [0.25, 0.3) is 11.1 Å². The Balaban J connectivity index is 1.74. The maximum absolute atomic E-state index is 12.1. The molecule has 3 N–H and O–H groups in total. The highest BCUT2D eigenvalue weighted by Gasteiger charge is 2.12. The van der Waals surface area contributed by atoms with Crippen LogP contribution in [0.4, 0.5) is 0 Å². The molecule has 0 fully saturated rings. The number of nitrogens with one attached hydrogen (secondary N) is 3. The molecule has 1 amide bonds. The lowest BCUT2D eigenvalue weighted by Gasteiger charge is -2.06. The molecule has 0 bridgehead atoms. The zero-order valence-electron chi connectivity index (χ0n) is 14.0. The van der Waals surface area contributed by atoms with E-state index in [0.717, 1.165) is 10.1 Å². The van der Waals surface area contributed by atoms with Crippen molar-refractivity contribution in [1.82, 2.24) is 24.8 Å². The lowest BCUT2D eigenvalue weighted by molar-refractivity contribution is -0.121. The predicted molar refractivity (Wildman–Crippen MR) is 94.8 cm³/mol. The van der Waals surface area contributed by atoms with Crippen LogP contribution in [0.1, 0.15) is 17.7 Å². The molecule has 26 heavy (non-hydrogen) atoms. The average Bonchev–Trinajstić information content (AvgIpc) is 2.64. The molecule has 0 spiro atoms. The van der Waals surface area contributed by atoms with Crippen LogP contribution < -0.4 is 22.1 Å². The van der Waals surface area contributed by atoms with Gasteiger partial charge in [-0.15, -0.1) is 0 Å². The monoisotopic (exact) mass is 355 g/mol. The third kappa shape index (κ3) is 3.61. The Morgan fingerprint density at radius 2 is 1.85 bits per heavy atom. The Labute approximate surface area is 146 Å². The Kier molecular flexibility index (Phi) is 4.78. The number of benzene rings is 1. The molecule has 3 rings (SSSR count). The molecule has 0 aliphatic rings. The molecular formula is C17H17N5O4. The maximum Gasteiger partial charge on any atom is 0.329 e. The van der Waals surface area contributed by atoms with Crippen molar-refractivity contribution >= 4 is 17.1 Å². The fourth-order valence-corrected chi connectivity index (χ4v) is 2.51. The first-order chi connectivity index (χ1) is 12.5. The van der Waals surface area contributed by atoms with E-state index in [2.05, 4.69) is 20.3 Å². The number of hydrogen-bond acceptors (Lipinski definition) is 5. The highest BCUT2D eigenvalue weighted by molar-refractivity contribution is 5.76. The summed E-state index contributed by atoms with van der Waals surface area (Å²) in [5.74, 6) is -0.232. The molecule has 0 unspecified atom stereocenters. The number of aryl methyl sites for hydroxylation is 2. The lowest BCUT2D eigenvalue weighted by Crippen LogP contribution is -2.32. The fraction of sp³-hybridized carbons (Fsp3) is 0.235. The van der Waals surface area contributed by atoms with E-state index in [1.165, 1.54) is 7.05 Å². The van der Waals surface area contributed by atoms with E-state index >= 15 is 0 Å². The molecule has 0 aliphatic carbocycles. The van der Waals surface area contributed by atoms with Crippen LogP contribution in [0.25, 0.3) is 11.2 Å². The Bertz CT molecular complexity index is 1130. The van der Waals surface area contributed by atoms with Crippen molar-refractivity contribution in [3.05, 3.63) is 72.8 Å². The summed E-state index contributed by atoms with van der Waals surface area (Å²) in [5.41, 5.74) is -0.838. The van der Waals surface area contributed by atoms with Gasteiger partial charge in [-0.25, -0.2) is 9.78 Å². The first-order valence-corrected chi connectivity index (χ1v) is 7.98. The normalized spacial score (nSPS) is 10.8. The second kappa shape index (κ2) is 7.18. The number of hydrogen-bond donors (Lipinski definition) is 3. The Morgan fingerprint density at radius 1 is 1.12 bits per heavy atom.